The Hall–Kier alpha value is -4.19. The maximum Gasteiger partial charge on any atom is 0.309 e. The smallest absolute Gasteiger partial charge is 0.309 e. The number of carbonyl (C=O) groups is 2. The van der Waals surface area contributed by atoms with Gasteiger partial charge < -0.3 is 10.1 Å². The molecular formula is C28H25N3O3. The Morgan fingerprint density at radius 1 is 0.941 bits per heavy atom. The molecule has 1 heterocycles. The van der Waals surface area contributed by atoms with E-state index in [-0.39, 0.29) is 11.8 Å². The first-order valence-electron chi connectivity index (χ1n) is 11.3. The number of anilines is 1. The molecule has 6 heteroatoms. The quantitative estimate of drug-likeness (QED) is 0.377. The molecule has 1 aliphatic carbocycles. The van der Waals surface area contributed by atoms with Gasteiger partial charge in [0.1, 0.15) is 5.69 Å². The van der Waals surface area contributed by atoms with Crippen LogP contribution in [0, 0.1) is 12.8 Å². The van der Waals surface area contributed by atoms with Gasteiger partial charge in [0.25, 0.3) is 0 Å². The number of nitrogens with one attached hydrogen (secondary N) is 1. The molecule has 170 valence electrons. The second kappa shape index (κ2) is 8.98. The van der Waals surface area contributed by atoms with Crippen LogP contribution in [0.2, 0.25) is 0 Å². The molecule has 6 nitrogen and oxygen atoms in total. The first kappa shape index (κ1) is 21.6. The molecule has 0 radical (unpaired) electrons. The van der Waals surface area contributed by atoms with Crippen molar-refractivity contribution in [2.75, 3.05) is 5.32 Å². The summed E-state index contributed by atoms with van der Waals surface area (Å²) in [5.74, 6) is 0.116. The summed E-state index contributed by atoms with van der Waals surface area (Å²) in [5.41, 5.74) is 5.80. The highest BCUT2D eigenvalue weighted by Gasteiger charge is 2.29. The number of ether oxygens (including phenoxy) is 1. The molecule has 1 amide bonds. The molecule has 5 rings (SSSR count). The zero-order chi connectivity index (χ0) is 23.7. The second-order valence-electron chi connectivity index (χ2n) is 8.58. The lowest BCUT2D eigenvalue weighted by atomic mass is 10.00. The van der Waals surface area contributed by atoms with Crippen LogP contribution in [0.3, 0.4) is 0 Å². The van der Waals surface area contributed by atoms with E-state index >= 15 is 0 Å². The van der Waals surface area contributed by atoms with Gasteiger partial charge in [-0.25, -0.2) is 0 Å². The summed E-state index contributed by atoms with van der Waals surface area (Å²) in [7, 11) is 0. The molecule has 1 N–H and O–H groups in total. The van der Waals surface area contributed by atoms with E-state index in [1.54, 1.807) is 4.68 Å². The number of hydrogen-bond acceptors (Lipinski definition) is 4. The summed E-state index contributed by atoms with van der Waals surface area (Å²) < 4.78 is 7.41. The Kier molecular flexibility index (Phi) is 5.72. The van der Waals surface area contributed by atoms with E-state index in [4.69, 9.17) is 9.84 Å². The SMILES string of the molecule is CC(=O)Oc1c(-c2ccc(NC(=O)C3CC3)cc2)c(-c2cccc(C)c2)nn1-c1ccccc1. The molecular weight excluding hydrogens is 426 g/mol. The van der Waals surface area contributed by atoms with Crippen LogP contribution in [-0.4, -0.2) is 21.7 Å². The third-order valence-electron chi connectivity index (χ3n) is 5.76. The maximum atomic E-state index is 12.2. The average Bonchev–Trinajstić information content (AvgIpc) is 3.62. The lowest BCUT2D eigenvalue weighted by molar-refractivity contribution is -0.132. The lowest BCUT2D eigenvalue weighted by Crippen LogP contribution is -2.13. The Morgan fingerprint density at radius 2 is 1.68 bits per heavy atom. The van der Waals surface area contributed by atoms with E-state index in [1.807, 2.05) is 79.7 Å². The van der Waals surface area contributed by atoms with Crippen molar-refractivity contribution in [2.45, 2.75) is 26.7 Å². The minimum atomic E-state index is -0.428. The van der Waals surface area contributed by atoms with Crippen molar-refractivity contribution in [3.05, 3.63) is 84.4 Å². The Balaban J connectivity index is 1.66. The van der Waals surface area contributed by atoms with Gasteiger partial charge in [-0.2, -0.15) is 9.78 Å². The van der Waals surface area contributed by atoms with Gasteiger partial charge in [-0.15, -0.1) is 0 Å². The van der Waals surface area contributed by atoms with Gasteiger partial charge in [-0.1, -0.05) is 54.1 Å². The Labute approximate surface area is 198 Å². The van der Waals surface area contributed by atoms with Gasteiger partial charge in [0, 0.05) is 24.1 Å². The van der Waals surface area contributed by atoms with E-state index in [0.717, 1.165) is 40.9 Å². The normalized spacial score (nSPS) is 12.9. The highest BCUT2D eigenvalue weighted by Crippen LogP contribution is 2.41. The van der Waals surface area contributed by atoms with Crippen molar-refractivity contribution in [1.29, 1.82) is 0 Å². The standard InChI is InChI=1S/C28H25N3O3/c1-18-7-6-8-22(17-18)26-25(20-13-15-23(16-14-20)29-27(33)21-11-12-21)28(34-19(2)32)31(30-26)24-9-4-3-5-10-24/h3-10,13-17,21H,11-12H2,1-2H3,(H,29,33). The van der Waals surface area contributed by atoms with Crippen molar-refractivity contribution in [3.8, 4) is 34.0 Å². The first-order chi connectivity index (χ1) is 16.5. The molecule has 0 bridgehead atoms. The summed E-state index contributed by atoms with van der Waals surface area (Å²) in [5, 5.41) is 7.86. The van der Waals surface area contributed by atoms with Gasteiger partial charge in [-0.3, -0.25) is 9.59 Å². The molecule has 1 saturated carbocycles. The van der Waals surface area contributed by atoms with Crippen molar-refractivity contribution >= 4 is 17.6 Å². The fraction of sp³-hybridized carbons (Fsp3) is 0.179. The van der Waals surface area contributed by atoms with Crippen LogP contribution in [0.4, 0.5) is 5.69 Å². The predicted octanol–water partition coefficient (Wildman–Crippen LogP) is 5.79. The van der Waals surface area contributed by atoms with Crippen LogP contribution >= 0.6 is 0 Å². The van der Waals surface area contributed by atoms with Gasteiger partial charge in [0.05, 0.1) is 11.3 Å². The zero-order valence-electron chi connectivity index (χ0n) is 19.1. The van der Waals surface area contributed by atoms with Crippen molar-refractivity contribution < 1.29 is 14.3 Å². The molecule has 0 atom stereocenters. The molecule has 0 saturated heterocycles. The predicted molar refractivity (Wildman–Crippen MR) is 132 cm³/mol. The molecule has 34 heavy (non-hydrogen) atoms. The number of benzene rings is 3. The van der Waals surface area contributed by atoms with Crippen molar-refractivity contribution in [2.24, 2.45) is 5.92 Å². The third-order valence-corrected chi connectivity index (χ3v) is 5.76. The number of para-hydroxylation sites is 1. The minimum absolute atomic E-state index is 0.0608. The number of aryl methyl sites for hydroxylation is 1. The summed E-state index contributed by atoms with van der Waals surface area (Å²) in [4.78, 5) is 24.3. The molecule has 0 aliphatic heterocycles. The maximum absolute atomic E-state index is 12.2. The van der Waals surface area contributed by atoms with E-state index < -0.39 is 5.97 Å². The fourth-order valence-corrected chi connectivity index (χ4v) is 3.94. The highest BCUT2D eigenvalue weighted by atomic mass is 16.5. The monoisotopic (exact) mass is 451 g/mol. The van der Waals surface area contributed by atoms with Gasteiger partial charge >= 0.3 is 5.97 Å². The van der Waals surface area contributed by atoms with E-state index in [1.165, 1.54) is 6.92 Å². The van der Waals surface area contributed by atoms with Gasteiger partial charge in [-0.05, 0) is 55.7 Å². The van der Waals surface area contributed by atoms with Crippen LogP contribution in [0.5, 0.6) is 5.88 Å². The second-order valence-corrected chi connectivity index (χ2v) is 8.58. The van der Waals surface area contributed by atoms with Gasteiger partial charge in [0.2, 0.25) is 11.8 Å². The number of nitrogens with zero attached hydrogens (tertiary/aromatic N) is 2. The van der Waals surface area contributed by atoms with Crippen LogP contribution in [0.15, 0.2) is 78.9 Å². The molecule has 0 spiro atoms. The van der Waals surface area contributed by atoms with Crippen LogP contribution in [-0.2, 0) is 9.59 Å². The number of hydrogen-bond donors (Lipinski definition) is 1. The minimum Gasteiger partial charge on any atom is -0.407 e. The summed E-state index contributed by atoms with van der Waals surface area (Å²) in [6, 6.07) is 25.2. The molecule has 1 fully saturated rings. The summed E-state index contributed by atoms with van der Waals surface area (Å²) in [6.07, 6.45) is 1.91. The van der Waals surface area contributed by atoms with Crippen LogP contribution < -0.4 is 10.1 Å². The van der Waals surface area contributed by atoms with Crippen LogP contribution in [0.25, 0.3) is 28.1 Å². The molecule has 4 aromatic rings. The number of esters is 1. The zero-order valence-corrected chi connectivity index (χ0v) is 19.1. The van der Waals surface area contributed by atoms with Gasteiger partial charge in [0.15, 0.2) is 0 Å². The number of aromatic nitrogens is 2. The molecule has 1 aliphatic rings. The topological polar surface area (TPSA) is 73.2 Å². The molecule has 1 aromatic heterocycles. The van der Waals surface area contributed by atoms with E-state index in [2.05, 4.69) is 11.4 Å². The molecule has 3 aromatic carbocycles. The van der Waals surface area contributed by atoms with E-state index in [9.17, 15) is 9.59 Å². The Morgan fingerprint density at radius 3 is 2.32 bits per heavy atom. The number of amides is 1. The average molecular weight is 452 g/mol. The summed E-state index contributed by atoms with van der Waals surface area (Å²) >= 11 is 0. The summed E-state index contributed by atoms with van der Waals surface area (Å²) in [6.45, 7) is 3.41. The third kappa shape index (κ3) is 4.48. The molecule has 0 unspecified atom stereocenters. The van der Waals surface area contributed by atoms with Crippen LogP contribution in [0.1, 0.15) is 25.3 Å². The first-order valence-corrected chi connectivity index (χ1v) is 11.3. The Bertz CT molecular complexity index is 1350. The van der Waals surface area contributed by atoms with Crippen molar-refractivity contribution in [1.82, 2.24) is 9.78 Å². The fourth-order valence-electron chi connectivity index (χ4n) is 3.94. The number of rotatable bonds is 6. The number of carbonyl (C=O) groups excluding carboxylic acids is 2. The van der Waals surface area contributed by atoms with Crippen molar-refractivity contribution in [3.63, 3.8) is 0 Å². The highest BCUT2D eigenvalue weighted by molar-refractivity contribution is 5.94. The lowest BCUT2D eigenvalue weighted by Gasteiger charge is -2.10. The largest absolute Gasteiger partial charge is 0.407 e. The van der Waals surface area contributed by atoms with E-state index in [0.29, 0.717) is 17.1 Å².